The molecule has 0 aliphatic heterocycles. The van der Waals surface area contributed by atoms with Crippen molar-refractivity contribution in [1.29, 1.82) is 0 Å². The number of aryl methyl sites for hydroxylation is 1. The minimum absolute atomic E-state index is 0.0628. The summed E-state index contributed by atoms with van der Waals surface area (Å²) in [5.74, 6) is -0.0326. The fraction of sp³-hybridized carbons (Fsp3) is 0.273. The molecule has 1 atom stereocenters. The molecule has 0 aliphatic rings. The largest absolute Gasteiger partial charge is 0.479 e. The molecule has 0 saturated heterocycles. The summed E-state index contributed by atoms with van der Waals surface area (Å²) < 4.78 is 20.5. The Bertz CT molecular complexity index is 526. The summed E-state index contributed by atoms with van der Waals surface area (Å²) in [5.41, 5.74) is 6.29. The number of nitrogens with two attached hydrogens (primary N) is 1. The second-order valence-electron chi connectivity index (χ2n) is 3.60. The maximum absolute atomic E-state index is 13.9. The maximum Gasteiger partial charge on any atom is 0.250 e. The monoisotopic (exact) mass is 236 g/mol. The first-order chi connectivity index (χ1) is 8.15. The third kappa shape index (κ3) is 1.99. The highest BCUT2D eigenvalue weighted by Gasteiger charge is 2.20. The lowest BCUT2D eigenvalue weighted by Crippen LogP contribution is -2.18. The number of pyridine rings is 1. The molecule has 0 bridgehead atoms. The van der Waals surface area contributed by atoms with Crippen LogP contribution in [0.3, 0.4) is 0 Å². The summed E-state index contributed by atoms with van der Waals surface area (Å²) in [4.78, 5) is 7.86. The minimum Gasteiger partial charge on any atom is -0.479 e. The molecule has 17 heavy (non-hydrogen) atoms. The Labute approximate surface area is 98.1 Å². The van der Waals surface area contributed by atoms with Crippen LogP contribution >= 0.6 is 0 Å². The van der Waals surface area contributed by atoms with Gasteiger partial charge in [-0.3, -0.25) is 0 Å². The first-order valence-corrected chi connectivity index (χ1v) is 5.06. The van der Waals surface area contributed by atoms with E-state index in [2.05, 4.69) is 9.97 Å². The predicted octanol–water partition coefficient (Wildman–Crippen LogP) is 1.01. The molecule has 2 N–H and O–H groups in total. The molecular formula is C11H13FN4O. The van der Waals surface area contributed by atoms with Gasteiger partial charge in [0.25, 0.3) is 0 Å². The van der Waals surface area contributed by atoms with Gasteiger partial charge in [0.1, 0.15) is 5.82 Å². The van der Waals surface area contributed by atoms with Gasteiger partial charge in [-0.05, 0) is 6.07 Å². The smallest absolute Gasteiger partial charge is 0.250 e. The third-order valence-corrected chi connectivity index (χ3v) is 2.55. The minimum atomic E-state index is -0.646. The van der Waals surface area contributed by atoms with E-state index in [9.17, 15) is 4.39 Å². The van der Waals surface area contributed by atoms with Gasteiger partial charge in [-0.1, -0.05) is 0 Å². The number of methoxy groups -OCH3 is 1. The van der Waals surface area contributed by atoms with Crippen molar-refractivity contribution in [2.24, 2.45) is 12.8 Å². The van der Waals surface area contributed by atoms with Gasteiger partial charge in [-0.15, -0.1) is 0 Å². The molecule has 6 heteroatoms. The van der Waals surface area contributed by atoms with Crippen molar-refractivity contribution in [3.63, 3.8) is 0 Å². The first kappa shape index (κ1) is 11.5. The molecule has 2 rings (SSSR count). The van der Waals surface area contributed by atoms with E-state index in [0.717, 1.165) is 0 Å². The summed E-state index contributed by atoms with van der Waals surface area (Å²) >= 11 is 0. The Kier molecular flexibility index (Phi) is 3.06. The van der Waals surface area contributed by atoms with E-state index in [0.29, 0.717) is 11.4 Å². The number of aromatic nitrogens is 3. The Hall–Kier alpha value is -1.95. The number of halogens is 1. The van der Waals surface area contributed by atoms with Gasteiger partial charge in [0, 0.05) is 31.2 Å². The molecule has 2 aromatic rings. The Morgan fingerprint density at radius 3 is 2.76 bits per heavy atom. The van der Waals surface area contributed by atoms with Gasteiger partial charge >= 0.3 is 0 Å². The van der Waals surface area contributed by atoms with Gasteiger partial charge in [0.2, 0.25) is 5.88 Å². The topological polar surface area (TPSA) is 66.0 Å². The van der Waals surface area contributed by atoms with Crippen molar-refractivity contribution in [2.45, 2.75) is 6.04 Å². The van der Waals surface area contributed by atoms with Gasteiger partial charge in [0.15, 0.2) is 5.82 Å². The molecule has 0 aliphatic carbocycles. The van der Waals surface area contributed by atoms with Crippen LogP contribution in [0.5, 0.6) is 5.88 Å². The fourth-order valence-electron chi connectivity index (χ4n) is 1.64. The summed E-state index contributed by atoms with van der Waals surface area (Å²) in [6.07, 6.45) is 4.83. The lowest BCUT2D eigenvalue weighted by Gasteiger charge is -2.13. The Morgan fingerprint density at radius 1 is 1.41 bits per heavy atom. The van der Waals surface area contributed by atoms with Crippen molar-refractivity contribution in [3.05, 3.63) is 41.9 Å². The average Bonchev–Trinajstić information content (AvgIpc) is 2.75. The Morgan fingerprint density at radius 2 is 2.18 bits per heavy atom. The maximum atomic E-state index is 13.9. The van der Waals surface area contributed by atoms with Crippen LogP contribution in [0.4, 0.5) is 4.39 Å². The van der Waals surface area contributed by atoms with Crippen molar-refractivity contribution in [2.75, 3.05) is 7.11 Å². The molecule has 0 radical (unpaired) electrons. The van der Waals surface area contributed by atoms with E-state index in [1.165, 1.54) is 19.4 Å². The summed E-state index contributed by atoms with van der Waals surface area (Å²) in [6, 6.07) is 0.879. The van der Waals surface area contributed by atoms with Crippen molar-refractivity contribution < 1.29 is 9.13 Å². The van der Waals surface area contributed by atoms with Crippen molar-refractivity contribution >= 4 is 0 Å². The first-order valence-electron chi connectivity index (χ1n) is 5.06. The number of ether oxygens (including phenoxy) is 1. The second-order valence-corrected chi connectivity index (χ2v) is 3.60. The SMILES string of the molecule is COc1nccc(C(N)c2nccn2C)c1F. The van der Waals surface area contributed by atoms with Crippen LogP contribution in [-0.4, -0.2) is 21.6 Å². The van der Waals surface area contributed by atoms with E-state index >= 15 is 0 Å². The Balaban J connectivity index is 2.44. The normalized spacial score (nSPS) is 12.5. The van der Waals surface area contributed by atoms with E-state index in [-0.39, 0.29) is 5.88 Å². The standard InChI is InChI=1S/C11H13FN4O/c1-16-6-5-14-10(16)9(13)7-3-4-15-11(17-2)8(7)12/h3-6,9H,13H2,1-2H3. The zero-order valence-corrected chi connectivity index (χ0v) is 9.59. The third-order valence-electron chi connectivity index (χ3n) is 2.55. The van der Waals surface area contributed by atoms with Gasteiger partial charge < -0.3 is 15.0 Å². The molecule has 0 saturated carbocycles. The van der Waals surface area contributed by atoms with Crippen LogP contribution in [0, 0.1) is 5.82 Å². The molecule has 2 aromatic heterocycles. The van der Waals surface area contributed by atoms with Crippen LogP contribution in [-0.2, 0) is 7.05 Å². The van der Waals surface area contributed by atoms with Crippen LogP contribution < -0.4 is 10.5 Å². The van der Waals surface area contributed by atoms with E-state index in [4.69, 9.17) is 10.5 Å². The number of rotatable bonds is 3. The molecule has 2 heterocycles. The van der Waals surface area contributed by atoms with Gasteiger partial charge in [-0.25, -0.2) is 14.4 Å². The molecule has 1 unspecified atom stereocenters. The van der Waals surface area contributed by atoms with E-state index < -0.39 is 11.9 Å². The zero-order valence-electron chi connectivity index (χ0n) is 9.59. The molecule has 0 amide bonds. The number of imidazole rings is 1. The average molecular weight is 236 g/mol. The zero-order chi connectivity index (χ0) is 12.4. The highest BCUT2D eigenvalue weighted by atomic mass is 19.1. The number of hydrogen-bond acceptors (Lipinski definition) is 4. The molecule has 90 valence electrons. The van der Waals surface area contributed by atoms with Crippen LogP contribution in [0.2, 0.25) is 0 Å². The van der Waals surface area contributed by atoms with Crippen molar-refractivity contribution in [1.82, 2.24) is 14.5 Å². The van der Waals surface area contributed by atoms with Crippen LogP contribution in [0.25, 0.3) is 0 Å². The summed E-state index contributed by atoms with van der Waals surface area (Å²) in [7, 11) is 3.17. The highest BCUT2D eigenvalue weighted by molar-refractivity contribution is 5.30. The quantitative estimate of drug-likeness (QED) is 0.863. The molecule has 5 nitrogen and oxygen atoms in total. The molecule has 0 spiro atoms. The second kappa shape index (κ2) is 4.50. The van der Waals surface area contributed by atoms with Crippen LogP contribution in [0.1, 0.15) is 17.4 Å². The van der Waals surface area contributed by atoms with Crippen molar-refractivity contribution in [3.8, 4) is 5.88 Å². The molecular weight excluding hydrogens is 223 g/mol. The van der Waals surface area contributed by atoms with Gasteiger partial charge in [0.05, 0.1) is 13.2 Å². The fourth-order valence-corrected chi connectivity index (χ4v) is 1.64. The van der Waals surface area contributed by atoms with E-state index in [1.54, 1.807) is 24.0 Å². The highest BCUT2D eigenvalue weighted by Crippen LogP contribution is 2.24. The lowest BCUT2D eigenvalue weighted by molar-refractivity contribution is 0.365. The summed E-state index contributed by atoms with van der Waals surface area (Å²) in [6.45, 7) is 0. The molecule has 0 aromatic carbocycles. The predicted molar refractivity (Wildman–Crippen MR) is 60.0 cm³/mol. The summed E-state index contributed by atoms with van der Waals surface area (Å²) in [5, 5.41) is 0. The van der Waals surface area contributed by atoms with Crippen LogP contribution in [0.15, 0.2) is 24.7 Å². The number of nitrogens with zero attached hydrogens (tertiary/aromatic N) is 3. The van der Waals surface area contributed by atoms with E-state index in [1.807, 2.05) is 0 Å². The number of hydrogen-bond donors (Lipinski definition) is 1. The van der Waals surface area contributed by atoms with Gasteiger partial charge in [-0.2, -0.15) is 0 Å². The lowest BCUT2D eigenvalue weighted by atomic mass is 10.1. The molecule has 0 fully saturated rings.